The second kappa shape index (κ2) is 5.23. The Hall–Kier alpha value is -1.48. The van der Waals surface area contributed by atoms with E-state index in [9.17, 15) is 4.79 Å². The third-order valence-corrected chi connectivity index (χ3v) is 3.57. The molecule has 0 aliphatic carbocycles. The van der Waals surface area contributed by atoms with Crippen molar-refractivity contribution in [3.05, 3.63) is 16.1 Å². The van der Waals surface area contributed by atoms with Gasteiger partial charge < -0.3 is 5.11 Å². The van der Waals surface area contributed by atoms with Crippen LogP contribution in [0.1, 0.15) is 10.7 Å². The van der Waals surface area contributed by atoms with Crippen molar-refractivity contribution in [3.8, 4) is 0 Å². The fraction of sp³-hybridized carbons (Fsp3) is 0.375. The molecule has 0 aliphatic heterocycles. The second-order valence-electron chi connectivity index (χ2n) is 3.16. The lowest BCUT2D eigenvalue weighted by Gasteiger charge is -2.00. The van der Waals surface area contributed by atoms with Gasteiger partial charge in [0.25, 0.3) is 0 Å². The molecular weight excluding hydrogens is 262 g/mol. The summed E-state index contributed by atoms with van der Waals surface area (Å²) >= 11 is 2.65. The Morgan fingerprint density at radius 3 is 3.12 bits per heavy atom. The molecule has 7 nitrogen and oxygen atoms in total. The first-order valence-corrected chi connectivity index (χ1v) is 6.53. The SMILES string of the molecule is Cc1nc(Cn2nnnc2SCC(=O)O)cs1. The van der Waals surface area contributed by atoms with Crippen molar-refractivity contribution < 1.29 is 9.90 Å². The number of thiazole rings is 1. The zero-order chi connectivity index (χ0) is 12.3. The Balaban J connectivity index is 2.06. The quantitative estimate of drug-likeness (QED) is 0.798. The molecule has 0 spiro atoms. The lowest BCUT2D eigenvalue weighted by atomic mass is 10.5. The van der Waals surface area contributed by atoms with Gasteiger partial charge in [-0.05, 0) is 17.4 Å². The molecule has 17 heavy (non-hydrogen) atoms. The van der Waals surface area contributed by atoms with Gasteiger partial charge in [0, 0.05) is 5.38 Å². The van der Waals surface area contributed by atoms with Crippen LogP contribution in [0, 0.1) is 6.92 Å². The average molecular weight is 271 g/mol. The molecule has 0 radical (unpaired) electrons. The number of hydrogen-bond donors (Lipinski definition) is 1. The molecule has 9 heteroatoms. The second-order valence-corrected chi connectivity index (χ2v) is 5.16. The van der Waals surface area contributed by atoms with Crippen molar-refractivity contribution in [1.82, 2.24) is 25.2 Å². The topological polar surface area (TPSA) is 93.8 Å². The van der Waals surface area contributed by atoms with Crippen LogP contribution in [-0.4, -0.2) is 42.0 Å². The van der Waals surface area contributed by atoms with Crippen LogP contribution < -0.4 is 0 Å². The van der Waals surface area contributed by atoms with Crippen LogP contribution in [0.4, 0.5) is 0 Å². The van der Waals surface area contributed by atoms with Crippen molar-refractivity contribution in [2.75, 3.05) is 5.75 Å². The summed E-state index contributed by atoms with van der Waals surface area (Å²) in [6.07, 6.45) is 0. The number of aliphatic carboxylic acids is 1. The van der Waals surface area contributed by atoms with Crippen molar-refractivity contribution in [3.63, 3.8) is 0 Å². The zero-order valence-electron chi connectivity index (χ0n) is 8.90. The molecule has 1 N–H and O–H groups in total. The number of aryl methyl sites for hydroxylation is 1. The van der Waals surface area contributed by atoms with Crippen LogP contribution in [-0.2, 0) is 11.3 Å². The van der Waals surface area contributed by atoms with Gasteiger partial charge in [-0.1, -0.05) is 11.8 Å². The number of carboxylic acids is 1. The molecule has 0 aliphatic rings. The van der Waals surface area contributed by atoms with E-state index in [4.69, 9.17) is 5.11 Å². The Morgan fingerprint density at radius 1 is 1.65 bits per heavy atom. The van der Waals surface area contributed by atoms with Crippen molar-refractivity contribution in [1.29, 1.82) is 0 Å². The Bertz CT molecular complexity index is 523. The predicted molar refractivity (Wildman–Crippen MR) is 62.1 cm³/mol. The molecule has 0 saturated heterocycles. The van der Waals surface area contributed by atoms with Gasteiger partial charge in [0.05, 0.1) is 23.0 Å². The molecule has 0 amide bonds. The minimum absolute atomic E-state index is 0.0591. The van der Waals surface area contributed by atoms with Crippen molar-refractivity contribution in [2.45, 2.75) is 18.6 Å². The predicted octanol–water partition coefficient (Wildman–Crippen LogP) is 0.663. The smallest absolute Gasteiger partial charge is 0.313 e. The minimum Gasteiger partial charge on any atom is -0.481 e. The fourth-order valence-electron chi connectivity index (χ4n) is 1.16. The highest BCUT2D eigenvalue weighted by molar-refractivity contribution is 7.99. The fourth-order valence-corrected chi connectivity index (χ4v) is 2.36. The van der Waals surface area contributed by atoms with Gasteiger partial charge >= 0.3 is 5.97 Å². The highest BCUT2D eigenvalue weighted by atomic mass is 32.2. The first kappa shape index (κ1) is 12.0. The van der Waals surface area contributed by atoms with Gasteiger partial charge in [0.1, 0.15) is 0 Å². The number of carbonyl (C=O) groups is 1. The molecule has 0 aromatic carbocycles. The van der Waals surface area contributed by atoms with Crippen LogP contribution in [0.2, 0.25) is 0 Å². The van der Waals surface area contributed by atoms with Crippen LogP contribution in [0.15, 0.2) is 10.5 Å². The molecule has 2 aromatic rings. The van der Waals surface area contributed by atoms with E-state index in [1.165, 1.54) is 0 Å². The summed E-state index contributed by atoms with van der Waals surface area (Å²) in [4.78, 5) is 14.8. The maximum Gasteiger partial charge on any atom is 0.313 e. The van der Waals surface area contributed by atoms with Crippen molar-refractivity contribution in [2.24, 2.45) is 0 Å². The highest BCUT2D eigenvalue weighted by Crippen LogP contribution is 2.15. The number of thioether (sulfide) groups is 1. The van der Waals surface area contributed by atoms with Crippen molar-refractivity contribution >= 4 is 29.1 Å². The normalized spacial score (nSPS) is 10.6. The van der Waals surface area contributed by atoms with Crippen LogP contribution in [0.3, 0.4) is 0 Å². The standard InChI is InChI=1S/C8H9N5O2S2/c1-5-9-6(3-16-5)2-13-8(10-11-12-13)17-4-7(14)15/h3H,2,4H2,1H3,(H,14,15). The third kappa shape index (κ3) is 3.24. The molecule has 2 aromatic heterocycles. The van der Waals surface area contributed by atoms with Gasteiger partial charge in [0.15, 0.2) is 0 Å². The van der Waals surface area contributed by atoms with Gasteiger partial charge in [-0.15, -0.1) is 16.4 Å². The van der Waals surface area contributed by atoms with E-state index in [1.807, 2.05) is 12.3 Å². The zero-order valence-corrected chi connectivity index (χ0v) is 10.5. The highest BCUT2D eigenvalue weighted by Gasteiger charge is 2.10. The summed E-state index contributed by atoms with van der Waals surface area (Å²) in [6, 6.07) is 0. The number of aromatic nitrogens is 5. The monoisotopic (exact) mass is 271 g/mol. The summed E-state index contributed by atoms with van der Waals surface area (Å²) in [5.41, 5.74) is 0.872. The summed E-state index contributed by atoms with van der Waals surface area (Å²) in [7, 11) is 0. The molecule has 2 rings (SSSR count). The minimum atomic E-state index is -0.894. The molecular formula is C8H9N5O2S2. The maximum absolute atomic E-state index is 10.5. The van der Waals surface area contributed by atoms with Gasteiger partial charge in [-0.2, -0.15) is 0 Å². The van der Waals surface area contributed by atoms with Gasteiger partial charge in [-0.25, -0.2) is 9.67 Å². The molecule has 0 atom stereocenters. The number of tetrazole rings is 1. The van der Waals surface area contributed by atoms with Gasteiger partial charge in [0.2, 0.25) is 5.16 Å². The first-order chi connectivity index (χ1) is 8.15. The maximum atomic E-state index is 10.5. The molecule has 0 bridgehead atoms. The molecule has 0 fully saturated rings. The summed E-state index contributed by atoms with van der Waals surface area (Å²) in [6.45, 7) is 2.38. The molecule has 2 heterocycles. The summed E-state index contributed by atoms with van der Waals surface area (Å²) in [5, 5.41) is 23.1. The van der Waals surface area contributed by atoms with E-state index < -0.39 is 5.97 Å². The van der Waals surface area contributed by atoms with E-state index in [0.717, 1.165) is 22.5 Å². The Morgan fingerprint density at radius 2 is 2.47 bits per heavy atom. The molecule has 0 saturated carbocycles. The van der Waals surface area contributed by atoms with Gasteiger partial charge in [-0.3, -0.25) is 4.79 Å². The largest absolute Gasteiger partial charge is 0.481 e. The Kier molecular flexibility index (Phi) is 3.69. The average Bonchev–Trinajstić information content (AvgIpc) is 2.86. The van der Waals surface area contributed by atoms with E-state index in [-0.39, 0.29) is 5.75 Å². The molecule has 0 unspecified atom stereocenters. The van der Waals surface area contributed by atoms with Crippen LogP contribution in [0.5, 0.6) is 0 Å². The summed E-state index contributed by atoms with van der Waals surface area (Å²) in [5.74, 6) is -0.953. The lowest BCUT2D eigenvalue weighted by Crippen LogP contribution is -2.06. The van der Waals surface area contributed by atoms with Crippen LogP contribution >= 0.6 is 23.1 Å². The number of carboxylic acid groups (broad SMARTS) is 1. The van der Waals surface area contributed by atoms with Crippen LogP contribution in [0.25, 0.3) is 0 Å². The lowest BCUT2D eigenvalue weighted by molar-refractivity contribution is -0.133. The third-order valence-electron chi connectivity index (χ3n) is 1.80. The number of hydrogen-bond acceptors (Lipinski definition) is 7. The summed E-state index contributed by atoms with van der Waals surface area (Å²) < 4.78 is 1.54. The number of nitrogens with zero attached hydrogens (tertiary/aromatic N) is 5. The Labute approximate surface area is 105 Å². The van der Waals surface area contributed by atoms with E-state index in [0.29, 0.717) is 11.7 Å². The van der Waals surface area contributed by atoms with E-state index in [1.54, 1.807) is 16.0 Å². The van der Waals surface area contributed by atoms with E-state index >= 15 is 0 Å². The first-order valence-electron chi connectivity index (χ1n) is 4.67. The number of rotatable bonds is 5. The molecule has 90 valence electrons. The van der Waals surface area contributed by atoms with E-state index in [2.05, 4.69) is 20.5 Å².